The lowest BCUT2D eigenvalue weighted by molar-refractivity contribution is -0.134. The van der Waals surface area contributed by atoms with E-state index in [1.807, 2.05) is 13.8 Å². The van der Waals surface area contributed by atoms with Crippen LogP contribution in [0.1, 0.15) is 44.3 Å². The number of carbonyl (C=O) groups excluding carboxylic acids is 1. The number of amides is 1. The van der Waals surface area contributed by atoms with Crippen LogP contribution in [0.25, 0.3) is 0 Å². The van der Waals surface area contributed by atoms with Gasteiger partial charge in [-0.05, 0) is 6.42 Å². The fourth-order valence-electron chi connectivity index (χ4n) is 1.93. The first kappa shape index (κ1) is 14.9. The number of rotatable bonds is 5. The average Bonchev–Trinajstić information content (AvgIpc) is 2.73. The maximum absolute atomic E-state index is 12.0. The SMILES string of the molecule is CC(C)c1noc(CCCC(=O)N2CCOCCN2)n1. The molecule has 2 heterocycles. The summed E-state index contributed by atoms with van der Waals surface area (Å²) in [6.45, 7) is 6.53. The Kier molecular flexibility index (Phi) is 5.49. The summed E-state index contributed by atoms with van der Waals surface area (Å²) >= 11 is 0. The summed E-state index contributed by atoms with van der Waals surface area (Å²) in [6, 6.07) is 0. The van der Waals surface area contributed by atoms with Crippen molar-refractivity contribution in [1.29, 1.82) is 0 Å². The summed E-state index contributed by atoms with van der Waals surface area (Å²) in [7, 11) is 0. The lowest BCUT2D eigenvalue weighted by Crippen LogP contribution is -2.43. The Morgan fingerprint density at radius 1 is 1.45 bits per heavy atom. The summed E-state index contributed by atoms with van der Waals surface area (Å²) in [5.41, 5.74) is 3.06. The van der Waals surface area contributed by atoms with Gasteiger partial charge in [-0.1, -0.05) is 19.0 Å². The van der Waals surface area contributed by atoms with Crippen LogP contribution in [0.15, 0.2) is 4.52 Å². The van der Waals surface area contributed by atoms with Gasteiger partial charge in [-0.2, -0.15) is 4.98 Å². The molecule has 2 rings (SSSR count). The molecule has 7 heteroatoms. The van der Waals surface area contributed by atoms with Crippen LogP contribution in [-0.2, 0) is 16.0 Å². The molecule has 112 valence electrons. The maximum atomic E-state index is 12.0. The Balaban J connectivity index is 1.72. The highest BCUT2D eigenvalue weighted by Gasteiger charge is 2.16. The normalized spacial score (nSPS) is 16.4. The van der Waals surface area contributed by atoms with Crippen molar-refractivity contribution in [3.05, 3.63) is 11.7 Å². The Morgan fingerprint density at radius 3 is 3.05 bits per heavy atom. The number of aryl methyl sites for hydroxylation is 1. The molecular weight excluding hydrogens is 260 g/mol. The lowest BCUT2D eigenvalue weighted by atomic mass is 10.2. The van der Waals surface area contributed by atoms with Gasteiger partial charge in [0.1, 0.15) is 0 Å². The molecule has 0 radical (unpaired) electrons. The van der Waals surface area contributed by atoms with Crippen LogP contribution in [0, 0.1) is 0 Å². The zero-order chi connectivity index (χ0) is 14.4. The Morgan fingerprint density at radius 2 is 2.30 bits per heavy atom. The van der Waals surface area contributed by atoms with Crippen molar-refractivity contribution in [2.24, 2.45) is 0 Å². The molecule has 0 atom stereocenters. The molecule has 0 saturated carbocycles. The molecule has 0 spiro atoms. The van der Waals surface area contributed by atoms with Crippen molar-refractivity contribution in [2.75, 3.05) is 26.3 Å². The van der Waals surface area contributed by atoms with Gasteiger partial charge in [-0.25, -0.2) is 5.43 Å². The van der Waals surface area contributed by atoms with E-state index in [1.165, 1.54) is 0 Å². The van der Waals surface area contributed by atoms with Crippen molar-refractivity contribution >= 4 is 5.91 Å². The summed E-state index contributed by atoms with van der Waals surface area (Å²) in [4.78, 5) is 16.3. The van der Waals surface area contributed by atoms with E-state index < -0.39 is 0 Å². The van der Waals surface area contributed by atoms with Gasteiger partial charge in [0.15, 0.2) is 5.82 Å². The highest BCUT2D eigenvalue weighted by atomic mass is 16.5. The van der Waals surface area contributed by atoms with Crippen LogP contribution in [0.3, 0.4) is 0 Å². The van der Waals surface area contributed by atoms with Gasteiger partial charge in [0.05, 0.1) is 19.8 Å². The predicted molar refractivity (Wildman–Crippen MR) is 71.9 cm³/mol. The molecule has 0 bridgehead atoms. The van der Waals surface area contributed by atoms with Crippen molar-refractivity contribution < 1.29 is 14.1 Å². The Hall–Kier alpha value is -1.47. The zero-order valence-electron chi connectivity index (χ0n) is 12.1. The summed E-state index contributed by atoms with van der Waals surface area (Å²) in [6.07, 6.45) is 1.81. The maximum Gasteiger partial charge on any atom is 0.236 e. The third-order valence-electron chi connectivity index (χ3n) is 3.09. The first-order valence-corrected chi connectivity index (χ1v) is 7.11. The molecule has 1 fully saturated rings. The smallest absolute Gasteiger partial charge is 0.236 e. The van der Waals surface area contributed by atoms with E-state index in [0.717, 1.165) is 5.82 Å². The molecule has 1 aromatic heterocycles. The molecular formula is C13H22N4O3. The molecule has 20 heavy (non-hydrogen) atoms. The second kappa shape index (κ2) is 7.35. The van der Waals surface area contributed by atoms with E-state index in [1.54, 1.807) is 5.01 Å². The molecule has 7 nitrogen and oxygen atoms in total. The summed E-state index contributed by atoms with van der Waals surface area (Å²) in [5.74, 6) is 1.67. The first-order valence-electron chi connectivity index (χ1n) is 7.11. The fraction of sp³-hybridized carbons (Fsp3) is 0.769. The highest BCUT2D eigenvalue weighted by molar-refractivity contribution is 5.75. The van der Waals surface area contributed by atoms with Gasteiger partial charge < -0.3 is 9.26 Å². The number of hydrazine groups is 1. The number of nitrogens with one attached hydrogen (secondary N) is 1. The molecule has 1 aliphatic heterocycles. The van der Waals surface area contributed by atoms with E-state index >= 15 is 0 Å². The highest BCUT2D eigenvalue weighted by Crippen LogP contribution is 2.11. The zero-order valence-corrected chi connectivity index (χ0v) is 12.1. The second-order valence-electron chi connectivity index (χ2n) is 5.12. The largest absolute Gasteiger partial charge is 0.378 e. The molecule has 0 aliphatic carbocycles. The first-order chi connectivity index (χ1) is 9.66. The van der Waals surface area contributed by atoms with Crippen LogP contribution in [0.4, 0.5) is 0 Å². The minimum absolute atomic E-state index is 0.0825. The molecule has 1 N–H and O–H groups in total. The number of nitrogens with zero attached hydrogens (tertiary/aromatic N) is 3. The van der Waals surface area contributed by atoms with Gasteiger partial charge >= 0.3 is 0 Å². The number of carbonyl (C=O) groups is 1. The van der Waals surface area contributed by atoms with Crippen LogP contribution >= 0.6 is 0 Å². The molecule has 0 unspecified atom stereocenters. The van der Waals surface area contributed by atoms with Crippen LogP contribution in [0.5, 0.6) is 0 Å². The van der Waals surface area contributed by atoms with Gasteiger partial charge in [-0.3, -0.25) is 9.80 Å². The van der Waals surface area contributed by atoms with E-state index in [4.69, 9.17) is 9.26 Å². The van der Waals surface area contributed by atoms with E-state index in [-0.39, 0.29) is 11.8 Å². The Labute approximate surface area is 118 Å². The number of aromatic nitrogens is 2. The lowest BCUT2D eigenvalue weighted by Gasteiger charge is -2.19. The average molecular weight is 282 g/mol. The predicted octanol–water partition coefficient (Wildman–Crippen LogP) is 0.879. The third kappa shape index (κ3) is 4.28. The van der Waals surface area contributed by atoms with Gasteiger partial charge in [0.25, 0.3) is 0 Å². The van der Waals surface area contributed by atoms with Crippen LogP contribution in [0.2, 0.25) is 0 Å². The fourth-order valence-corrected chi connectivity index (χ4v) is 1.93. The number of hydrogen-bond donors (Lipinski definition) is 1. The Bertz CT molecular complexity index is 425. The van der Waals surface area contributed by atoms with E-state index in [9.17, 15) is 4.79 Å². The van der Waals surface area contributed by atoms with Crippen LogP contribution < -0.4 is 5.43 Å². The molecule has 1 aliphatic rings. The van der Waals surface area contributed by atoms with Gasteiger partial charge in [-0.15, -0.1) is 0 Å². The number of hydrogen-bond acceptors (Lipinski definition) is 6. The van der Waals surface area contributed by atoms with Gasteiger partial charge in [0, 0.05) is 25.3 Å². The van der Waals surface area contributed by atoms with Crippen molar-refractivity contribution in [3.8, 4) is 0 Å². The monoisotopic (exact) mass is 282 g/mol. The summed E-state index contributed by atoms with van der Waals surface area (Å²) in [5, 5.41) is 5.54. The van der Waals surface area contributed by atoms with Crippen molar-refractivity contribution in [1.82, 2.24) is 20.6 Å². The second-order valence-corrected chi connectivity index (χ2v) is 5.12. The minimum Gasteiger partial charge on any atom is -0.378 e. The number of ether oxygens (including phenoxy) is 1. The molecule has 1 amide bonds. The molecule has 1 saturated heterocycles. The van der Waals surface area contributed by atoms with E-state index in [0.29, 0.717) is 51.5 Å². The molecule has 0 aromatic carbocycles. The van der Waals surface area contributed by atoms with Crippen LogP contribution in [-0.4, -0.2) is 47.4 Å². The molecule has 1 aromatic rings. The quantitative estimate of drug-likeness (QED) is 0.863. The van der Waals surface area contributed by atoms with Crippen molar-refractivity contribution in [2.45, 2.75) is 39.0 Å². The minimum atomic E-state index is 0.0825. The summed E-state index contributed by atoms with van der Waals surface area (Å²) < 4.78 is 10.4. The van der Waals surface area contributed by atoms with Gasteiger partial charge in [0.2, 0.25) is 11.8 Å². The van der Waals surface area contributed by atoms with E-state index in [2.05, 4.69) is 15.6 Å². The third-order valence-corrected chi connectivity index (χ3v) is 3.09. The standard InChI is InChI=1S/C13H22N4O3/c1-10(2)13-15-11(20-16-13)4-3-5-12(18)17-7-9-19-8-6-14-17/h10,14H,3-9H2,1-2H3. The van der Waals surface area contributed by atoms with Crippen molar-refractivity contribution in [3.63, 3.8) is 0 Å². The topological polar surface area (TPSA) is 80.5 Å².